The monoisotopic (exact) mass is 529 g/mol. The predicted molar refractivity (Wildman–Crippen MR) is 137 cm³/mol. The Hall–Kier alpha value is -4.05. The van der Waals surface area contributed by atoms with E-state index in [4.69, 9.17) is 25.8 Å². The van der Waals surface area contributed by atoms with E-state index in [2.05, 4.69) is 10.6 Å². The van der Waals surface area contributed by atoms with Crippen LogP contribution in [0.2, 0.25) is 5.02 Å². The number of para-hydroxylation sites is 1. The van der Waals surface area contributed by atoms with Gasteiger partial charge in [-0.05, 0) is 55.7 Å². The van der Waals surface area contributed by atoms with Crippen LogP contribution in [-0.4, -0.2) is 55.1 Å². The van der Waals surface area contributed by atoms with Gasteiger partial charge in [0.1, 0.15) is 12.2 Å². The summed E-state index contributed by atoms with van der Waals surface area (Å²) in [7, 11) is 0. The molecule has 0 radical (unpaired) electrons. The van der Waals surface area contributed by atoms with E-state index in [1.807, 2.05) is 19.1 Å². The van der Waals surface area contributed by atoms with Crippen LogP contribution in [0, 0.1) is 0 Å². The Bertz CT molecular complexity index is 1230. The number of hydrogen-bond acceptors (Lipinski definition) is 7. The second-order valence-corrected chi connectivity index (χ2v) is 8.20. The largest absolute Gasteiger partial charge is 0.490 e. The fourth-order valence-electron chi connectivity index (χ4n) is 3.57. The molecule has 2 aromatic carbocycles. The highest BCUT2D eigenvalue weighted by Crippen LogP contribution is 2.37. The Labute approximate surface area is 219 Å². The molecule has 0 aromatic heterocycles. The van der Waals surface area contributed by atoms with Gasteiger partial charge in [-0.3, -0.25) is 9.59 Å². The molecule has 1 fully saturated rings. The number of halogens is 1. The van der Waals surface area contributed by atoms with Crippen LogP contribution in [0.3, 0.4) is 0 Å². The van der Waals surface area contributed by atoms with Crippen molar-refractivity contribution >= 4 is 47.2 Å². The molecule has 0 unspecified atom stereocenters. The number of hydrogen-bond donors (Lipinski definition) is 2. The van der Waals surface area contributed by atoms with Gasteiger partial charge in [-0.1, -0.05) is 36.7 Å². The summed E-state index contributed by atoms with van der Waals surface area (Å²) in [5.74, 6) is -1.34. The van der Waals surface area contributed by atoms with Crippen molar-refractivity contribution in [3.05, 3.63) is 58.2 Å². The van der Waals surface area contributed by atoms with Crippen molar-refractivity contribution in [3.8, 4) is 11.5 Å². The summed E-state index contributed by atoms with van der Waals surface area (Å²) in [5, 5.41) is 5.35. The van der Waals surface area contributed by atoms with Gasteiger partial charge in [0.25, 0.3) is 5.91 Å². The van der Waals surface area contributed by atoms with Crippen molar-refractivity contribution < 1.29 is 33.4 Å². The molecule has 1 saturated heterocycles. The first-order chi connectivity index (χ1) is 17.8. The van der Waals surface area contributed by atoms with Gasteiger partial charge >= 0.3 is 12.0 Å². The number of nitrogens with zero attached hydrogens (tertiary/aromatic N) is 1. The number of nitrogens with one attached hydrogen (secondary N) is 2. The van der Waals surface area contributed by atoms with Gasteiger partial charge in [-0.25, -0.2) is 14.5 Å². The molecular weight excluding hydrogens is 502 g/mol. The molecule has 0 saturated carbocycles. The van der Waals surface area contributed by atoms with E-state index in [1.54, 1.807) is 32.0 Å². The highest BCUT2D eigenvalue weighted by molar-refractivity contribution is 6.32. The molecule has 0 bridgehead atoms. The van der Waals surface area contributed by atoms with Crippen LogP contribution in [-0.2, 0) is 25.5 Å². The first-order valence-electron chi connectivity index (χ1n) is 11.7. The van der Waals surface area contributed by atoms with Gasteiger partial charge < -0.3 is 24.8 Å². The van der Waals surface area contributed by atoms with Gasteiger partial charge in [0.05, 0.1) is 18.2 Å². The third kappa shape index (κ3) is 7.01. The Morgan fingerprint density at radius 3 is 2.54 bits per heavy atom. The van der Waals surface area contributed by atoms with Crippen molar-refractivity contribution in [1.29, 1.82) is 0 Å². The SMILES string of the molecule is CCOC(=O)COc1c(Cl)cc(/C=C2/NC(=O)N(CC(=O)Nc3ccccc3CC)C2=O)cc1OCC. The Balaban J connectivity index is 1.75. The number of rotatable bonds is 11. The van der Waals surface area contributed by atoms with Gasteiger partial charge in [0, 0.05) is 5.69 Å². The minimum absolute atomic E-state index is 0.0366. The molecule has 3 rings (SSSR count). The summed E-state index contributed by atoms with van der Waals surface area (Å²) < 4.78 is 15.9. The number of ether oxygens (including phenoxy) is 3. The lowest BCUT2D eigenvalue weighted by atomic mass is 10.1. The number of benzene rings is 2. The van der Waals surface area contributed by atoms with E-state index >= 15 is 0 Å². The zero-order valence-electron chi connectivity index (χ0n) is 20.8. The summed E-state index contributed by atoms with van der Waals surface area (Å²) >= 11 is 6.36. The fourth-order valence-corrected chi connectivity index (χ4v) is 3.85. The number of amides is 4. The zero-order valence-corrected chi connectivity index (χ0v) is 21.5. The number of esters is 1. The molecular formula is C26H28ClN3O7. The molecule has 0 aliphatic carbocycles. The average Bonchev–Trinajstić information content (AvgIpc) is 3.11. The van der Waals surface area contributed by atoms with Crippen molar-refractivity contribution in [1.82, 2.24) is 10.2 Å². The molecule has 10 nitrogen and oxygen atoms in total. The quantitative estimate of drug-likeness (QED) is 0.258. The van der Waals surface area contributed by atoms with Crippen LogP contribution in [0.5, 0.6) is 11.5 Å². The summed E-state index contributed by atoms with van der Waals surface area (Å²) in [6.45, 7) is 5.09. The standard InChI is InChI=1S/C26H28ClN3O7/c1-4-17-9-7-8-10-19(17)28-22(31)14-30-25(33)20(29-26(30)34)12-16-11-18(27)24(21(13-16)35-5-2)37-15-23(32)36-6-3/h7-13H,4-6,14-15H2,1-3H3,(H,28,31)(H,29,34)/b20-12+. The van der Waals surface area contributed by atoms with Crippen LogP contribution in [0.1, 0.15) is 31.9 Å². The van der Waals surface area contributed by atoms with Crippen molar-refractivity contribution in [2.24, 2.45) is 0 Å². The molecule has 4 amide bonds. The van der Waals surface area contributed by atoms with Gasteiger partial charge in [-0.2, -0.15) is 0 Å². The number of anilines is 1. The normalized spacial score (nSPS) is 13.9. The number of carbonyl (C=O) groups excluding carboxylic acids is 4. The highest BCUT2D eigenvalue weighted by atomic mass is 35.5. The van der Waals surface area contributed by atoms with E-state index in [1.165, 1.54) is 12.1 Å². The predicted octanol–water partition coefficient (Wildman–Crippen LogP) is 3.77. The molecule has 1 aliphatic rings. The van der Waals surface area contributed by atoms with Crippen molar-refractivity contribution in [2.75, 3.05) is 31.7 Å². The van der Waals surface area contributed by atoms with Crippen molar-refractivity contribution in [2.45, 2.75) is 27.2 Å². The Morgan fingerprint density at radius 1 is 1.08 bits per heavy atom. The smallest absolute Gasteiger partial charge is 0.344 e. The average molecular weight is 530 g/mol. The highest BCUT2D eigenvalue weighted by Gasteiger charge is 2.35. The van der Waals surface area contributed by atoms with Gasteiger partial charge in [-0.15, -0.1) is 0 Å². The lowest BCUT2D eigenvalue weighted by Gasteiger charge is -2.14. The summed E-state index contributed by atoms with van der Waals surface area (Å²) in [6, 6.07) is 9.63. The molecule has 0 spiro atoms. The van der Waals surface area contributed by atoms with Crippen LogP contribution in [0.25, 0.3) is 6.08 Å². The maximum Gasteiger partial charge on any atom is 0.344 e. The number of urea groups is 1. The lowest BCUT2D eigenvalue weighted by Crippen LogP contribution is -2.38. The van der Waals surface area contributed by atoms with E-state index in [0.717, 1.165) is 10.5 Å². The minimum atomic E-state index is -0.722. The molecule has 11 heteroatoms. The summed E-state index contributed by atoms with van der Waals surface area (Å²) in [4.78, 5) is 50.4. The van der Waals surface area contributed by atoms with Crippen LogP contribution in [0.4, 0.5) is 10.5 Å². The van der Waals surface area contributed by atoms with Crippen LogP contribution in [0.15, 0.2) is 42.1 Å². The van der Waals surface area contributed by atoms with Crippen LogP contribution < -0.4 is 20.1 Å². The molecule has 2 N–H and O–H groups in total. The summed E-state index contributed by atoms with van der Waals surface area (Å²) in [6.07, 6.45) is 2.12. The second-order valence-electron chi connectivity index (χ2n) is 7.80. The van der Waals surface area contributed by atoms with Crippen LogP contribution >= 0.6 is 11.6 Å². The molecule has 0 atom stereocenters. The number of aryl methyl sites for hydroxylation is 1. The topological polar surface area (TPSA) is 123 Å². The number of imide groups is 1. The lowest BCUT2D eigenvalue weighted by molar-refractivity contribution is -0.145. The summed E-state index contributed by atoms with van der Waals surface area (Å²) in [5.41, 5.74) is 1.96. The third-order valence-electron chi connectivity index (χ3n) is 5.22. The zero-order chi connectivity index (χ0) is 26.9. The molecule has 1 heterocycles. The van der Waals surface area contributed by atoms with Gasteiger partial charge in [0.15, 0.2) is 18.1 Å². The van der Waals surface area contributed by atoms with Gasteiger partial charge in [0.2, 0.25) is 5.91 Å². The van der Waals surface area contributed by atoms with Crippen molar-refractivity contribution in [3.63, 3.8) is 0 Å². The Kier molecular flexibility index (Phi) is 9.51. The Morgan fingerprint density at radius 2 is 1.84 bits per heavy atom. The third-order valence-corrected chi connectivity index (χ3v) is 5.50. The first kappa shape index (κ1) is 27.5. The second kappa shape index (κ2) is 12.8. The van der Waals surface area contributed by atoms with E-state index in [0.29, 0.717) is 17.7 Å². The fraction of sp³-hybridized carbons (Fsp3) is 0.308. The number of carbonyl (C=O) groups is 4. The van der Waals surface area contributed by atoms with E-state index in [-0.39, 0.29) is 42.0 Å². The maximum absolute atomic E-state index is 12.9. The first-order valence-corrected chi connectivity index (χ1v) is 12.1. The van der Waals surface area contributed by atoms with E-state index < -0.39 is 30.4 Å². The maximum atomic E-state index is 12.9. The minimum Gasteiger partial charge on any atom is -0.490 e. The molecule has 196 valence electrons. The van der Waals surface area contributed by atoms with E-state index in [9.17, 15) is 19.2 Å². The molecule has 37 heavy (non-hydrogen) atoms. The molecule has 1 aliphatic heterocycles. The molecule has 2 aromatic rings.